The van der Waals surface area contributed by atoms with Gasteiger partial charge in [0, 0.05) is 18.8 Å². The van der Waals surface area contributed by atoms with Crippen LogP contribution in [0, 0.1) is 13.8 Å². The van der Waals surface area contributed by atoms with E-state index in [4.69, 9.17) is 4.74 Å². The van der Waals surface area contributed by atoms with Crippen molar-refractivity contribution in [2.75, 3.05) is 18.0 Å². The Labute approximate surface area is 113 Å². The van der Waals surface area contributed by atoms with Crippen molar-refractivity contribution in [2.45, 2.75) is 39.9 Å². The van der Waals surface area contributed by atoms with Crippen LogP contribution in [0.25, 0.3) is 0 Å². The van der Waals surface area contributed by atoms with Crippen molar-refractivity contribution in [3.63, 3.8) is 0 Å². The summed E-state index contributed by atoms with van der Waals surface area (Å²) in [6, 6.07) is 1.81. The van der Waals surface area contributed by atoms with Gasteiger partial charge in [-0.1, -0.05) is 0 Å². The number of carboxylic acids is 1. The van der Waals surface area contributed by atoms with Crippen molar-refractivity contribution in [2.24, 2.45) is 0 Å². The topological polar surface area (TPSA) is 62.7 Å². The Morgan fingerprint density at radius 2 is 1.95 bits per heavy atom. The summed E-state index contributed by atoms with van der Waals surface area (Å²) >= 11 is 0. The first kappa shape index (κ1) is 13.8. The highest BCUT2D eigenvalue weighted by atomic mass is 16.5. The maximum Gasteiger partial charge on any atom is 0.339 e. The molecule has 1 aliphatic heterocycles. The van der Waals surface area contributed by atoms with Gasteiger partial charge in [-0.2, -0.15) is 0 Å². The van der Waals surface area contributed by atoms with E-state index in [1.165, 1.54) is 0 Å². The zero-order valence-corrected chi connectivity index (χ0v) is 11.8. The lowest BCUT2D eigenvalue weighted by atomic mass is 10.1. The van der Waals surface area contributed by atoms with Crippen LogP contribution in [-0.2, 0) is 4.74 Å². The van der Waals surface area contributed by atoms with E-state index in [9.17, 15) is 9.90 Å². The number of carbonyl (C=O) groups is 1. The highest BCUT2D eigenvalue weighted by Gasteiger charge is 2.27. The number of ether oxygens (including phenoxy) is 1. The van der Waals surface area contributed by atoms with Crippen molar-refractivity contribution < 1.29 is 14.6 Å². The molecule has 19 heavy (non-hydrogen) atoms. The first-order chi connectivity index (χ1) is 8.88. The number of aromatic nitrogens is 1. The molecule has 5 nitrogen and oxygen atoms in total. The van der Waals surface area contributed by atoms with Crippen LogP contribution in [0.2, 0.25) is 0 Å². The molecule has 0 aliphatic carbocycles. The largest absolute Gasteiger partial charge is 0.478 e. The minimum absolute atomic E-state index is 0.0769. The van der Waals surface area contributed by atoms with Gasteiger partial charge in [0.1, 0.15) is 11.4 Å². The molecule has 1 aromatic heterocycles. The van der Waals surface area contributed by atoms with Gasteiger partial charge in [-0.3, -0.25) is 0 Å². The number of carboxylic acid groups (broad SMARTS) is 1. The Morgan fingerprint density at radius 1 is 1.37 bits per heavy atom. The van der Waals surface area contributed by atoms with Crippen LogP contribution in [0.3, 0.4) is 0 Å². The van der Waals surface area contributed by atoms with Gasteiger partial charge in [-0.15, -0.1) is 0 Å². The van der Waals surface area contributed by atoms with E-state index in [-0.39, 0.29) is 12.2 Å². The maximum atomic E-state index is 11.5. The van der Waals surface area contributed by atoms with Crippen LogP contribution in [-0.4, -0.2) is 41.4 Å². The fourth-order valence-corrected chi connectivity index (χ4v) is 2.66. The van der Waals surface area contributed by atoms with E-state index in [1.54, 1.807) is 6.07 Å². The average Bonchev–Trinajstić information content (AvgIpc) is 2.25. The summed E-state index contributed by atoms with van der Waals surface area (Å²) < 4.78 is 5.68. The van der Waals surface area contributed by atoms with Gasteiger partial charge >= 0.3 is 5.97 Å². The smallest absolute Gasteiger partial charge is 0.339 e. The lowest BCUT2D eigenvalue weighted by molar-refractivity contribution is -0.00558. The molecule has 1 aliphatic rings. The predicted molar refractivity (Wildman–Crippen MR) is 72.9 cm³/mol. The third-order valence-corrected chi connectivity index (χ3v) is 3.26. The number of anilines is 1. The summed E-state index contributed by atoms with van der Waals surface area (Å²) in [5.74, 6) is -0.362. The summed E-state index contributed by atoms with van der Waals surface area (Å²) in [7, 11) is 0. The fourth-order valence-electron chi connectivity index (χ4n) is 2.66. The van der Waals surface area contributed by atoms with Crippen molar-refractivity contribution in [1.29, 1.82) is 0 Å². The number of nitrogens with zero attached hydrogens (tertiary/aromatic N) is 2. The molecule has 0 spiro atoms. The van der Waals surface area contributed by atoms with Crippen molar-refractivity contribution in [1.82, 2.24) is 4.98 Å². The molecule has 5 heteroatoms. The minimum atomic E-state index is -0.924. The molecule has 0 saturated carbocycles. The molecule has 1 N–H and O–H groups in total. The molecule has 0 amide bonds. The Bertz CT molecular complexity index is 492. The van der Waals surface area contributed by atoms with Crippen LogP contribution in [0.5, 0.6) is 0 Å². The summed E-state index contributed by atoms with van der Waals surface area (Å²) in [6.45, 7) is 9.02. The standard InChI is InChI=1S/C14H20N2O3/c1-8-5-9(2)15-13(12(8)14(17)18)16-6-10(3)19-11(4)7-16/h5,10-11H,6-7H2,1-4H3,(H,17,18)/t10-,11+. The average molecular weight is 264 g/mol. The van der Waals surface area contributed by atoms with E-state index in [0.29, 0.717) is 24.5 Å². The van der Waals surface area contributed by atoms with Crippen LogP contribution in [0.4, 0.5) is 5.82 Å². The molecule has 2 rings (SSSR count). The fraction of sp³-hybridized carbons (Fsp3) is 0.571. The number of hydrogen-bond acceptors (Lipinski definition) is 4. The summed E-state index contributed by atoms with van der Waals surface area (Å²) in [5, 5.41) is 9.40. The maximum absolute atomic E-state index is 11.5. The summed E-state index contributed by atoms with van der Waals surface area (Å²) in [4.78, 5) is 17.9. The van der Waals surface area contributed by atoms with Crippen LogP contribution in [0.15, 0.2) is 6.07 Å². The molecule has 2 atom stereocenters. The third kappa shape index (κ3) is 2.87. The SMILES string of the molecule is Cc1cc(C)c(C(=O)O)c(N2C[C@@H](C)O[C@@H](C)C2)n1. The predicted octanol–water partition coefficient (Wildman–Crippen LogP) is 2.01. The van der Waals surface area contributed by atoms with Gasteiger partial charge in [0.15, 0.2) is 0 Å². The summed E-state index contributed by atoms with van der Waals surface area (Å²) in [5.41, 5.74) is 1.89. The number of aryl methyl sites for hydroxylation is 2. The summed E-state index contributed by atoms with van der Waals surface area (Å²) in [6.07, 6.45) is 0.154. The second-order valence-corrected chi connectivity index (χ2v) is 5.25. The van der Waals surface area contributed by atoms with Gasteiger partial charge in [-0.25, -0.2) is 9.78 Å². The second-order valence-electron chi connectivity index (χ2n) is 5.25. The molecule has 0 bridgehead atoms. The van der Waals surface area contributed by atoms with E-state index in [1.807, 2.05) is 32.6 Å². The number of pyridine rings is 1. The van der Waals surface area contributed by atoms with Crippen molar-refractivity contribution in [3.05, 3.63) is 22.9 Å². The van der Waals surface area contributed by atoms with E-state index in [2.05, 4.69) is 4.98 Å². The first-order valence-corrected chi connectivity index (χ1v) is 6.50. The monoisotopic (exact) mass is 264 g/mol. The van der Waals surface area contributed by atoms with E-state index in [0.717, 1.165) is 11.3 Å². The highest BCUT2D eigenvalue weighted by molar-refractivity contribution is 5.95. The van der Waals surface area contributed by atoms with Gasteiger partial charge in [0.05, 0.1) is 12.2 Å². The second kappa shape index (κ2) is 5.17. The van der Waals surface area contributed by atoms with Crippen LogP contribution in [0.1, 0.15) is 35.5 Å². The molecule has 104 valence electrons. The Balaban J connectivity index is 2.45. The number of morpholine rings is 1. The zero-order chi connectivity index (χ0) is 14.2. The molecule has 1 fully saturated rings. The lowest BCUT2D eigenvalue weighted by Crippen LogP contribution is -2.46. The van der Waals surface area contributed by atoms with Gasteiger partial charge in [0.25, 0.3) is 0 Å². The van der Waals surface area contributed by atoms with Gasteiger partial charge in [-0.05, 0) is 39.3 Å². The lowest BCUT2D eigenvalue weighted by Gasteiger charge is -2.37. The molecule has 0 unspecified atom stereocenters. The Morgan fingerprint density at radius 3 is 2.47 bits per heavy atom. The number of aromatic carboxylic acids is 1. The first-order valence-electron chi connectivity index (χ1n) is 6.50. The Hall–Kier alpha value is -1.62. The molecular weight excluding hydrogens is 244 g/mol. The number of rotatable bonds is 2. The van der Waals surface area contributed by atoms with Crippen molar-refractivity contribution >= 4 is 11.8 Å². The Kier molecular flexibility index (Phi) is 3.75. The number of hydrogen-bond donors (Lipinski definition) is 1. The van der Waals surface area contributed by atoms with Crippen LogP contribution >= 0.6 is 0 Å². The molecule has 1 aromatic rings. The van der Waals surface area contributed by atoms with Crippen molar-refractivity contribution in [3.8, 4) is 0 Å². The normalized spacial score (nSPS) is 23.5. The molecule has 2 heterocycles. The quantitative estimate of drug-likeness (QED) is 0.885. The van der Waals surface area contributed by atoms with Gasteiger partial charge in [0.2, 0.25) is 0 Å². The van der Waals surface area contributed by atoms with E-state index >= 15 is 0 Å². The molecule has 0 aromatic carbocycles. The van der Waals surface area contributed by atoms with Gasteiger partial charge < -0.3 is 14.7 Å². The van der Waals surface area contributed by atoms with Crippen LogP contribution < -0.4 is 4.90 Å². The minimum Gasteiger partial charge on any atom is -0.478 e. The highest BCUT2D eigenvalue weighted by Crippen LogP contribution is 2.25. The molecule has 1 saturated heterocycles. The molecule has 0 radical (unpaired) electrons. The molecular formula is C14H20N2O3. The third-order valence-electron chi connectivity index (χ3n) is 3.26. The zero-order valence-electron chi connectivity index (χ0n) is 11.8. The van der Waals surface area contributed by atoms with E-state index < -0.39 is 5.97 Å².